The van der Waals surface area contributed by atoms with Crippen LogP contribution in [0.5, 0.6) is 0 Å². The van der Waals surface area contributed by atoms with Gasteiger partial charge in [-0.1, -0.05) is 0 Å². The van der Waals surface area contributed by atoms with Crippen molar-refractivity contribution in [2.75, 3.05) is 25.2 Å². The third-order valence-electron chi connectivity index (χ3n) is 3.13. The van der Waals surface area contributed by atoms with E-state index in [1.165, 1.54) is 0 Å². The van der Waals surface area contributed by atoms with E-state index in [4.69, 9.17) is 4.74 Å². The molecule has 0 aliphatic carbocycles. The van der Waals surface area contributed by atoms with Crippen LogP contribution in [0.4, 0.5) is 5.69 Å². The lowest BCUT2D eigenvalue weighted by molar-refractivity contribution is 0.115. The number of pyridine rings is 1. The SMILES string of the molecule is CO[C@H]1C[C@@H](CO)N(c2ccnc(C)c2)C1. The van der Waals surface area contributed by atoms with Gasteiger partial charge in [-0.3, -0.25) is 4.98 Å². The highest BCUT2D eigenvalue weighted by Gasteiger charge is 2.31. The highest BCUT2D eigenvalue weighted by atomic mass is 16.5. The molecule has 0 amide bonds. The lowest BCUT2D eigenvalue weighted by atomic mass is 10.2. The van der Waals surface area contributed by atoms with E-state index >= 15 is 0 Å². The monoisotopic (exact) mass is 222 g/mol. The van der Waals surface area contributed by atoms with E-state index in [1.54, 1.807) is 13.3 Å². The molecule has 1 aliphatic heterocycles. The Morgan fingerprint density at radius 2 is 2.44 bits per heavy atom. The maximum atomic E-state index is 9.37. The zero-order valence-corrected chi connectivity index (χ0v) is 9.76. The van der Waals surface area contributed by atoms with Crippen LogP contribution in [0.2, 0.25) is 0 Å². The van der Waals surface area contributed by atoms with Gasteiger partial charge in [-0.05, 0) is 25.5 Å². The van der Waals surface area contributed by atoms with Gasteiger partial charge in [-0.25, -0.2) is 0 Å². The number of aliphatic hydroxyl groups excluding tert-OH is 1. The second-order valence-corrected chi connectivity index (χ2v) is 4.24. The van der Waals surface area contributed by atoms with Crippen LogP contribution < -0.4 is 4.90 Å². The average molecular weight is 222 g/mol. The molecule has 4 nitrogen and oxygen atoms in total. The van der Waals surface area contributed by atoms with E-state index in [2.05, 4.69) is 9.88 Å². The molecule has 2 atom stereocenters. The van der Waals surface area contributed by atoms with Crippen LogP contribution in [0.25, 0.3) is 0 Å². The minimum atomic E-state index is 0.159. The molecule has 2 rings (SSSR count). The Bertz CT molecular complexity index is 357. The first-order chi connectivity index (χ1) is 7.74. The standard InChI is InChI=1S/C12H18N2O2/c1-9-5-10(3-4-13-9)14-7-12(16-2)6-11(14)8-15/h3-5,11-12,15H,6-8H2,1-2H3/t11-,12-/m0/s1. The fourth-order valence-corrected chi connectivity index (χ4v) is 2.24. The van der Waals surface area contributed by atoms with Gasteiger partial charge in [0.1, 0.15) is 0 Å². The van der Waals surface area contributed by atoms with Gasteiger partial charge >= 0.3 is 0 Å². The number of hydrogen-bond acceptors (Lipinski definition) is 4. The summed E-state index contributed by atoms with van der Waals surface area (Å²) in [6.45, 7) is 2.98. The molecule has 1 aromatic heterocycles. The molecule has 1 saturated heterocycles. The Balaban J connectivity index is 2.19. The van der Waals surface area contributed by atoms with E-state index in [-0.39, 0.29) is 18.8 Å². The van der Waals surface area contributed by atoms with Gasteiger partial charge in [0, 0.05) is 31.2 Å². The van der Waals surface area contributed by atoms with E-state index in [0.717, 1.165) is 24.3 Å². The largest absolute Gasteiger partial charge is 0.394 e. The molecule has 1 fully saturated rings. The number of anilines is 1. The van der Waals surface area contributed by atoms with Crippen LogP contribution in [0.3, 0.4) is 0 Å². The number of aliphatic hydroxyl groups is 1. The second kappa shape index (κ2) is 4.80. The quantitative estimate of drug-likeness (QED) is 0.828. The molecule has 4 heteroatoms. The van der Waals surface area contributed by atoms with Crippen molar-refractivity contribution in [2.24, 2.45) is 0 Å². The highest BCUT2D eigenvalue weighted by molar-refractivity contribution is 5.49. The van der Waals surface area contributed by atoms with Crippen molar-refractivity contribution >= 4 is 5.69 Å². The molecule has 1 aliphatic rings. The summed E-state index contributed by atoms with van der Waals surface area (Å²) < 4.78 is 5.36. The lowest BCUT2D eigenvalue weighted by Crippen LogP contribution is -2.32. The minimum absolute atomic E-state index is 0.159. The molecule has 16 heavy (non-hydrogen) atoms. The first kappa shape index (κ1) is 11.4. The summed E-state index contributed by atoms with van der Waals surface area (Å²) in [4.78, 5) is 6.38. The molecule has 0 bridgehead atoms. The van der Waals surface area contributed by atoms with Crippen LogP contribution in [-0.4, -0.2) is 42.5 Å². The third kappa shape index (κ3) is 2.18. The summed E-state index contributed by atoms with van der Waals surface area (Å²) >= 11 is 0. The highest BCUT2D eigenvalue weighted by Crippen LogP contribution is 2.26. The van der Waals surface area contributed by atoms with Gasteiger partial charge in [0.15, 0.2) is 0 Å². The second-order valence-electron chi connectivity index (χ2n) is 4.24. The number of methoxy groups -OCH3 is 1. The van der Waals surface area contributed by atoms with Crippen LogP contribution in [0.1, 0.15) is 12.1 Å². The molecule has 0 radical (unpaired) electrons. The Labute approximate surface area is 95.9 Å². The number of rotatable bonds is 3. The van der Waals surface area contributed by atoms with Crippen molar-refractivity contribution < 1.29 is 9.84 Å². The first-order valence-corrected chi connectivity index (χ1v) is 5.57. The van der Waals surface area contributed by atoms with E-state index in [9.17, 15) is 5.11 Å². The molecular weight excluding hydrogens is 204 g/mol. The van der Waals surface area contributed by atoms with E-state index in [0.29, 0.717) is 0 Å². The van der Waals surface area contributed by atoms with Gasteiger partial charge in [0.2, 0.25) is 0 Å². The van der Waals surface area contributed by atoms with Crippen LogP contribution in [-0.2, 0) is 4.74 Å². The van der Waals surface area contributed by atoms with Gasteiger partial charge in [0.25, 0.3) is 0 Å². The van der Waals surface area contributed by atoms with Crippen molar-refractivity contribution in [1.29, 1.82) is 0 Å². The lowest BCUT2D eigenvalue weighted by Gasteiger charge is -2.25. The van der Waals surface area contributed by atoms with Gasteiger partial charge < -0.3 is 14.7 Å². The summed E-state index contributed by atoms with van der Waals surface area (Å²) in [5.74, 6) is 0. The third-order valence-corrected chi connectivity index (χ3v) is 3.13. The molecular formula is C12H18N2O2. The average Bonchev–Trinajstić information content (AvgIpc) is 2.72. The van der Waals surface area contributed by atoms with Crippen molar-refractivity contribution in [3.8, 4) is 0 Å². The molecule has 0 aromatic carbocycles. The number of aryl methyl sites for hydroxylation is 1. The summed E-state index contributed by atoms with van der Waals surface area (Å²) in [5, 5.41) is 9.37. The summed E-state index contributed by atoms with van der Waals surface area (Å²) in [5.41, 5.74) is 2.11. The van der Waals surface area contributed by atoms with E-state index in [1.807, 2.05) is 19.1 Å². The van der Waals surface area contributed by atoms with E-state index < -0.39 is 0 Å². The number of aromatic nitrogens is 1. The van der Waals surface area contributed by atoms with Gasteiger partial charge in [-0.15, -0.1) is 0 Å². The maximum Gasteiger partial charge on any atom is 0.0766 e. The maximum absolute atomic E-state index is 9.37. The van der Waals surface area contributed by atoms with Crippen molar-refractivity contribution in [2.45, 2.75) is 25.5 Å². The topological polar surface area (TPSA) is 45.6 Å². The van der Waals surface area contributed by atoms with Gasteiger partial charge in [-0.2, -0.15) is 0 Å². The predicted molar refractivity (Wildman–Crippen MR) is 62.6 cm³/mol. The number of nitrogens with zero attached hydrogens (tertiary/aromatic N) is 2. The number of hydrogen-bond donors (Lipinski definition) is 1. The Hall–Kier alpha value is -1.13. The Morgan fingerprint density at radius 3 is 3.06 bits per heavy atom. The van der Waals surface area contributed by atoms with Crippen LogP contribution in [0, 0.1) is 6.92 Å². The van der Waals surface area contributed by atoms with Crippen LogP contribution >= 0.6 is 0 Å². The molecule has 0 unspecified atom stereocenters. The van der Waals surface area contributed by atoms with Crippen molar-refractivity contribution in [3.05, 3.63) is 24.0 Å². The molecule has 1 aromatic rings. The molecule has 88 valence electrons. The zero-order chi connectivity index (χ0) is 11.5. The molecule has 2 heterocycles. The summed E-state index contributed by atoms with van der Waals surface area (Å²) in [6.07, 6.45) is 2.90. The summed E-state index contributed by atoms with van der Waals surface area (Å²) in [6, 6.07) is 4.18. The molecule has 0 spiro atoms. The predicted octanol–water partition coefficient (Wildman–Crippen LogP) is 0.976. The molecule has 1 N–H and O–H groups in total. The smallest absolute Gasteiger partial charge is 0.0766 e. The fourth-order valence-electron chi connectivity index (χ4n) is 2.24. The summed E-state index contributed by atoms with van der Waals surface area (Å²) in [7, 11) is 1.72. The normalized spacial score (nSPS) is 25.1. The van der Waals surface area contributed by atoms with Gasteiger partial charge in [0.05, 0.1) is 18.8 Å². The fraction of sp³-hybridized carbons (Fsp3) is 0.583. The minimum Gasteiger partial charge on any atom is -0.394 e. The Morgan fingerprint density at radius 1 is 1.62 bits per heavy atom. The number of ether oxygens (including phenoxy) is 1. The zero-order valence-electron chi connectivity index (χ0n) is 9.76. The van der Waals surface area contributed by atoms with Crippen LogP contribution in [0.15, 0.2) is 18.3 Å². The molecule has 0 saturated carbocycles. The first-order valence-electron chi connectivity index (χ1n) is 5.57. The van der Waals surface area contributed by atoms with Crippen molar-refractivity contribution in [3.63, 3.8) is 0 Å². The Kier molecular flexibility index (Phi) is 3.41. The van der Waals surface area contributed by atoms with Crippen molar-refractivity contribution in [1.82, 2.24) is 4.98 Å².